The van der Waals surface area contributed by atoms with Crippen LogP contribution in [0.15, 0.2) is 41.3 Å². The van der Waals surface area contributed by atoms with Gasteiger partial charge in [-0.1, -0.05) is 23.7 Å². The fourth-order valence-electron chi connectivity index (χ4n) is 1.68. The van der Waals surface area contributed by atoms with Crippen molar-refractivity contribution < 1.29 is 4.74 Å². The summed E-state index contributed by atoms with van der Waals surface area (Å²) in [5.74, 6) is 0.594. The lowest BCUT2D eigenvalue weighted by Crippen LogP contribution is -2.12. The van der Waals surface area contributed by atoms with E-state index in [1.165, 1.54) is 6.07 Å². The van der Waals surface area contributed by atoms with Crippen molar-refractivity contribution in [2.24, 2.45) is 7.05 Å². The highest BCUT2D eigenvalue weighted by Crippen LogP contribution is 2.13. The quantitative estimate of drug-likeness (QED) is 0.811. The molecule has 5 heteroatoms. The van der Waals surface area contributed by atoms with Crippen LogP contribution < -0.4 is 10.2 Å². The largest absolute Gasteiger partial charge is 0.483 e. The number of aryl methyl sites for hydroxylation is 1. The van der Waals surface area contributed by atoms with Crippen molar-refractivity contribution in [3.8, 4) is 5.75 Å². The van der Waals surface area contributed by atoms with Gasteiger partial charge in [0.25, 0.3) is 0 Å². The monoisotopic (exact) mass is 297 g/mol. The number of hydrogen-bond acceptors (Lipinski definition) is 2. The van der Waals surface area contributed by atoms with Gasteiger partial charge >= 0.3 is 0 Å². The molecule has 0 fully saturated rings. The number of rotatable bonds is 4. The van der Waals surface area contributed by atoms with Crippen LogP contribution in [0.4, 0.5) is 0 Å². The highest BCUT2D eigenvalue weighted by Gasteiger charge is 2.05. The lowest BCUT2D eigenvalue weighted by Gasteiger charge is -2.10. The Hall–Kier alpha value is -1.45. The zero-order valence-corrected chi connectivity index (χ0v) is 11.9. The Labute approximate surface area is 121 Å². The fourth-order valence-corrected chi connectivity index (χ4v) is 2.15. The topological polar surface area (TPSA) is 31.2 Å². The van der Waals surface area contributed by atoms with Crippen LogP contribution in [-0.2, 0) is 19.5 Å². The van der Waals surface area contributed by atoms with Crippen LogP contribution in [-0.4, -0.2) is 4.57 Å². The Bertz CT molecular complexity index is 638. The standard InChI is InChI=1S/C14H13Cl2NO2/c1-17-8-14(13(18)6-12(17)7-15)19-9-10-3-2-4-11(16)5-10/h2-6,8H,7,9H2,1H3. The minimum Gasteiger partial charge on any atom is -0.483 e. The van der Waals surface area contributed by atoms with Gasteiger partial charge in [-0.25, -0.2) is 0 Å². The molecule has 0 aliphatic heterocycles. The summed E-state index contributed by atoms with van der Waals surface area (Å²) in [6.07, 6.45) is 1.64. The van der Waals surface area contributed by atoms with Gasteiger partial charge in [0.05, 0.1) is 12.1 Å². The second-order valence-corrected chi connectivity index (χ2v) is 4.86. The van der Waals surface area contributed by atoms with Crippen LogP contribution in [0.1, 0.15) is 11.3 Å². The molecule has 0 spiro atoms. The molecule has 1 heterocycles. The molecular weight excluding hydrogens is 285 g/mol. The van der Waals surface area contributed by atoms with Crippen molar-refractivity contribution in [3.05, 3.63) is 63.0 Å². The van der Waals surface area contributed by atoms with Crippen LogP contribution in [0.2, 0.25) is 5.02 Å². The number of pyridine rings is 1. The van der Waals surface area contributed by atoms with Gasteiger partial charge in [0.15, 0.2) is 5.75 Å². The number of nitrogens with zero attached hydrogens (tertiary/aromatic N) is 1. The molecule has 0 bridgehead atoms. The van der Waals surface area contributed by atoms with E-state index in [1.54, 1.807) is 22.9 Å². The molecule has 19 heavy (non-hydrogen) atoms. The predicted molar refractivity (Wildman–Crippen MR) is 77.0 cm³/mol. The number of ether oxygens (including phenoxy) is 1. The van der Waals surface area contributed by atoms with Gasteiger partial charge in [-0.15, -0.1) is 11.6 Å². The van der Waals surface area contributed by atoms with Gasteiger partial charge < -0.3 is 9.30 Å². The molecule has 2 rings (SSSR count). The molecule has 0 amide bonds. The number of halogens is 2. The summed E-state index contributed by atoms with van der Waals surface area (Å²) in [7, 11) is 1.82. The van der Waals surface area contributed by atoms with Crippen molar-refractivity contribution in [3.63, 3.8) is 0 Å². The molecule has 0 saturated carbocycles. The number of alkyl halides is 1. The highest BCUT2D eigenvalue weighted by atomic mass is 35.5. The van der Waals surface area contributed by atoms with Crippen LogP contribution in [0, 0.1) is 0 Å². The first-order chi connectivity index (χ1) is 9.10. The van der Waals surface area contributed by atoms with Crippen molar-refractivity contribution in [2.75, 3.05) is 0 Å². The van der Waals surface area contributed by atoms with E-state index < -0.39 is 0 Å². The van der Waals surface area contributed by atoms with E-state index in [9.17, 15) is 4.79 Å². The van der Waals surface area contributed by atoms with Gasteiger partial charge in [0.1, 0.15) is 6.61 Å². The van der Waals surface area contributed by atoms with E-state index in [1.807, 2.05) is 19.2 Å². The minimum atomic E-state index is -0.171. The van der Waals surface area contributed by atoms with Crippen molar-refractivity contribution in [2.45, 2.75) is 12.5 Å². The van der Waals surface area contributed by atoms with Gasteiger partial charge in [0, 0.05) is 23.8 Å². The van der Waals surface area contributed by atoms with E-state index in [2.05, 4.69) is 0 Å². The van der Waals surface area contributed by atoms with Crippen LogP contribution in [0.3, 0.4) is 0 Å². The smallest absolute Gasteiger partial charge is 0.223 e. The first-order valence-corrected chi connectivity index (χ1v) is 6.64. The average molecular weight is 298 g/mol. The normalized spacial score (nSPS) is 10.5. The van der Waals surface area contributed by atoms with Crippen LogP contribution in [0.5, 0.6) is 5.75 Å². The average Bonchev–Trinajstić information content (AvgIpc) is 2.39. The number of benzene rings is 1. The van der Waals surface area contributed by atoms with E-state index >= 15 is 0 Å². The lowest BCUT2D eigenvalue weighted by atomic mass is 10.2. The van der Waals surface area contributed by atoms with Crippen molar-refractivity contribution >= 4 is 23.2 Å². The zero-order chi connectivity index (χ0) is 13.8. The third-order valence-electron chi connectivity index (χ3n) is 2.72. The van der Waals surface area contributed by atoms with E-state index in [4.69, 9.17) is 27.9 Å². The molecule has 0 N–H and O–H groups in total. The van der Waals surface area contributed by atoms with E-state index in [0.717, 1.165) is 11.3 Å². The molecular formula is C14H13Cl2NO2. The van der Waals surface area contributed by atoms with E-state index in [0.29, 0.717) is 23.3 Å². The minimum absolute atomic E-state index is 0.171. The van der Waals surface area contributed by atoms with Crippen LogP contribution in [0.25, 0.3) is 0 Å². The third-order valence-corrected chi connectivity index (χ3v) is 3.23. The molecule has 1 aromatic heterocycles. The predicted octanol–water partition coefficient (Wildman–Crippen LogP) is 3.36. The fraction of sp³-hybridized carbons (Fsp3) is 0.214. The lowest BCUT2D eigenvalue weighted by molar-refractivity contribution is 0.300. The molecule has 100 valence electrons. The Balaban J connectivity index is 2.16. The molecule has 0 saturated heterocycles. The summed E-state index contributed by atoms with van der Waals surface area (Å²) in [6.45, 7) is 0.302. The molecule has 0 atom stereocenters. The maximum Gasteiger partial charge on any atom is 0.223 e. The molecule has 3 nitrogen and oxygen atoms in total. The Kier molecular flexibility index (Phi) is 4.51. The SMILES string of the molecule is Cn1cc(OCc2cccc(Cl)c2)c(=O)cc1CCl. The summed E-state index contributed by atoms with van der Waals surface area (Å²) >= 11 is 11.6. The molecule has 0 unspecified atom stereocenters. The Morgan fingerprint density at radius 2 is 2.11 bits per heavy atom. The van der Waals surface area contributed by atoms with Gasteiger partial charge in [-0.2, -0.15) is 0 Å². The molecule has 2 aromatic rings. The molecule has 1 aromatic carbocycles. The third kappa shape index (κ3) is 3.52. The van der Waals surface area contributed by atoms with Gasteiger partial charge in [-0.05, 0) is 17.7 Å². The summed E-state index contributed by atoms with van der Waals surface area (Å²) in [5.41, 5.74) is 1.49. The Morgan fingerprint density at radius 3 is 2.79 bits per heavy atom. The zero-order valence-electron chi connectivity index (χ0n) is 10.4. The van der Waals surface area contributed by atoms with Gasteiger partial charge in [0.2, 0.25) is 5.43 Å². The first-order valence-electron chi connectivity index (χ1n) is 5.73. The maximum absolute atomic E-state index is 11.8. The Morgan fingerprint density at radius 1 is 1.32 bits per heavy atom. The molecule has 0 aliphatic carbocycles. The van der Waals surface area contributed by atoms with Gasteiger partial charge in [-0.3, -0.25) is 4.79 Å². The molecule has 0 aliphatic rings. The van der Waals surface area contributed by atoms with E-state index in [-0.39, 0.29) is 5.43 Å². The molecule has 0 radical (unpaired) electrons. The van der Waals surface area contributed by atoms with Crippen molar-refractivity contribution in [1.29, 1.82) is 0 Å². The van der Waals surface area contributed by atoms with Crippen LogP contribution >= 0.6 is 23.2 Å². The summed E-state index contributed by atoms with van der Waals surface area (Å²) in [5, 5.41) is 0.645. The first kappa shape index (κ1) is 14.0. The second kappa shape index (κ2) is 6.13. The number of aromatic nitrogens is 1. The second-order valence-electron chi connectivity index (χ2n) is 4.16. The highest BCUT2D eigenvalue weighted by molar-refractivity contribution is 6.30. The summed E-state index contributed by atoms with van der Waals surface area (Å²) in [4.78, 5) is 11.8. The maximum atomic E-state index is 11.8. The summed E-state index contributed by atoms with van der Waals surface area (Å²) < 4.78 is 7.30. The number of hydrogen-bond donors (Lipinski definition) is 0. The summed E-state index contributed by atoms with van der Waals surface area (Å²) in [6, 6.07) is 8.82. The van der Waals surface area contributed by atoms with Crippen molar-refractivity contribution in [1.82, 2.24) is 4.57 Å².